The minimum Gasteiger partial charge on any atom is -0.495 e. The molecule has 3 heterocycles. The van der Waals surface area contributed by atoms with E-state index in [1.807, 2.05) is 35.9 Å². The lowest BCUT2D eigenvalue weighted by Crippen LogP contribution is -2.01. The molecule has 6 nitrogen and oxygen atoms in total. The fourth-order valence-electron chi connectivity index (χ4n) is 2.97. The Morgan fingerprint density at radius 1 is 1.12 bits per heavy atom. The summed E-state index contributed by atoms with van der Waals surface area (Å²) in [6, 6.07) is 11.5. The number of imidazole rings is 1. The number of nitrogens with zero attached hydrogens (tertiary/aromatic N) is 5. The number of rotatable bonds is 3. The van der Waals surface area contributed by atoms with E-state index in [9.17, 15) is 0 Å². The first kappa shape index (κ1) is 15.1. The maximum Gasteiger partial charge on any atom is 0.137 e. The molecule has 0 unspecified atom stereocenters. The van der Waals surface area contributed by atoms with Crippen LogP contribution in [-0.4, -0.2) is 26.6 Å². The maximum atomic E-state index is 9.17. The van der Waals surface area contributed by atoms with E-state index in [1.165, 1.54) is 0 Å². The Kier molecular flexibility index (Phi) is 3.55. The van der Waals surface area contributed by atoms with E-state index < -0.39 is 0 Å². The number of benzene rings is 1. The standard InChI is InChI=1S/C19H15N5O/c1-24-18(8-13-4-5-14(25-2)10-21-13)23-17-11-22-16-6-3-12(9-20)7-15(16)19(17)24/h3-7,10-11H,8H2,1-2H3. The van der Waals surface area contributed by atoms with Crippen LogP contribution in [-0.2, 0) is 13.5 Å². The fraction of sp³-hybridized carbons (Fsp3) is 0.158. The summed E-state index contributed by atoms with van der Waals surface area (Å²) in [4.78, 5) is 13.6. The first-order valence-corrected chi connectivity index (χ1v) is 7.82. The average molecular weight is 329 g/mol. The van der Waals surface area contributed by atoms with Gasteiger partial charge in [0.1, 0.15) is 17.1 Å². The second-order valence-corrected chi connectivity index (χ2v) is 5.79. The van der Waals surface area contributed by atoms with Crippen molar-refractivity contribution in [1.29, 1.82) is 5.26 Å². The van der Waals surface area contributed by atoms with E-state index in [4.69, 9.17) is 15.0 Å². The third-order valence-corrected chi connectivity index (χ3v) is 4.29. The predicted octanol–water partition coefficient (Wildman–Crippen LogP) is 2.99. The Hall–Kier alpha value is -3.46. The topological polar surface area (TPSA) is 76.6 Å². The van der Waals surface area contributed by atoms with Crippen molar-refractivity contribution in [3.8, 4) is 11.8 Å². The molecule has 0 aliphatic heterocycles. The Morgan fingerprint density at radius 3 is 2.72 bits per heavy atom. The smallest absolute Gasteiger partial charge is 0.137 e. The summed E-state index contributed by atoms with van der Waals surface area (Å²) in [6.45, 7) is 0. The second-order valence-electron chi connectivity index (χ2n) is 5.79. The molecule has 0 saturated heterocycles. The molecule has 0 amide bonds. The Labute approximate surface area is 144 Å². The first-order valence-electron chi connectivity index (χ1n) is 7.82. The van der Waals surface area contributed by atoms with Gasteiger partial charge in [0.25, 0.3) is 0 Å². The number of hydrogen-bond donors (Lipinski definition) is 0. The molecule has 0 radical (unpaired) electrons. The number of aryl methyl sites for hydroxylation is 1. The van der Waals surface area contributed by atoms with Crippen LogP contribution in [0.25, 0.3) is 21.9 Å². The van der Waals surface area contributed by atoms with Crippen molar-refractivity contribution in [2.45, 2.75) is 6.42 Å². The van der Waals surface area contributed by atoms with Crippen LogP contribution in [0.15, 0.2) is 42.7 Å². The molecule has 0 spiro atoms. The van der Waals surface area contributed by atoms with Gasteiger partial charge >= 0.3 is 0 Å². The lowest BCUT2D eigenvalue weighted by Gasteiger charge is -2.05. The molecule has 6 heteroatoms. The van der Waals surface area contributed by atoms with Gasteiger partial charge in [-0.2, -0.15) is 5.26 Å². The SMILES string of the molecule is COc1ccc(Cc2nc3cnc4ccc(C#N)cc4c3n2C)nc1. The summed E-state index contributed by atoms with van der Waals surface area (Å²) in [5.74, 6) is 1.62. The van der Waals surface area contributed by atoms with Crippen LogP contribution in [0.5, 0.6) is 5.75 Å². The number of ether oxygens (including phenoxy) is 1. The second kappa shape index (κ2) is 5.87. The van der Waals surface area contributed by atoms with Crippen molar-refractivity contribution >= 4 is 21.9 Å². The molecule has 0 N–H and O–H groups in total. The zero-order chi connectivity index (χ0) is 17.4. The van der Waals surface area contributed by atoms with Crippen LogP contribution in [0.2, 0.25) is 0 Å². The van der Waals surface area contributed by atoms with Crippen LogP contribution in [0.1, 0.15) is 17.1 Å². The van der Waals surface area contributed by atoms with Crippen LogP contribution in [0.4, 0.5) is 0 Å². The summed E-state index contributed by atoms with van der Waals surface area (Å²) in [7, 11) is 3.60. The third-order valence-electron chi connectivity index (χ3n) is 4.29. The molecule has 0 fully saturated rings. The Bertz CT molecular complexity index is 1120. The van der Waals surface area contributed by atoms with Crippen LogP contribution in [0, 0.1) is 11.3 Å². The summed E-state index contributed by atoms with van der Waals surface area (Å²) >= 11 is 0. The molecular weight excluding hydrogens is 314 g/mol. The van der Waals surface area contributed by atoms with E-state index in [2.05, 4.69) is 16.0 Å². The Morgan fingerprint density at radius 2 is 2.00 bits per heavy atom. The number of methoxy groups -OCH3 is 1. The number of aromatic nitrogens is 4. The largest absolute Gasteiger partial charge is 0.495 e. The van der Waals surface area contributed by atoms with Crippen molar-refractivity contribution in [2.75, 3.05) is 7.11 Å². The van der Waals surface area contributed by atoms with Gasteiger partial charge in [0.15, 0.2) is 0 Å². The lowest BCUT2D eigenvalue weighted by atomic mass is 10.1. The molecule has 122 valence electrons. The van der Waals surface area contributed by atoms with Gasteiger partial charge in [0, 0.05) is 24.5 Å². The van der Waals surface area contributed by atoms with Gasteiger partial charge in [-0.15, -0.1) is 0 Å². The van der Waals surface area contributed by atoms with Crippen molar-refractivity contribution in [3.63, 3.8) is 0 Å². The minimum atomic E-state index is 0.606. The molecule has 0 bridgehead atoms. The van der Waals surface area contributed by atoms with Crippen molar-refractivity contribution in [2.24, 2.45) is 7.05 Å². The normalized spacial score (nSPS) is 10.9. The number of hydrogen-bond acceptors (Lipinski definition) is 5. The summed E-state index contributed by atoms with van der Waals surface area (Å²) in [5.41, 5.74) is 4.17. The molecule has 3 aromatic heterocycles. The highest BCUT2D eigenvalue weighted by atomic mass is 16.5. The van der Waals surface area contributed by atoms with Gasteiger partial charge in [-0.25, -0.2) is 4.98 Å². The molecule has 25 heavy (non-hydrogen) atoms. The van der Waals surface area contributed by atoms with Gasteiger partial charge in [-0.05, 0) is 30.3 Å². The third kappa shape index (κ3) is 2.56. The molecule has 4 rings (SSSR count). The fourth-order valence-corrected chi connectivity index (χ4v) is 2.97. The van der Waals surface area contributed by atoms with Crippen LogP contribution in [0.3, 0.4) is 0 Å². The van der Waals surface area contributed by atoms with Gasteiger partial charge in [0.2, 0.25) is 0 Å². The zero-order valence-electron chi connectivity index (χ0n) is 13.9. The summed E-state index contributed by atoms with van der Waals surface area (Å²) < 4.78 is 7.19. The van der Waals surface area contributed by atoms with Gasteiger partial charge in [-0.1, -0.05) is 0 Å². The van der Waals surface area contributed by atoms with Crippen LogP contribution >= 0.6 is 0 Å². The lowest BCUT2D eigenvalue weighted by molar-refractivity contribution is 0.412. The molecule has 0 saturated carbocycles. The Balaban J connectivity index is 1.83. The molecular formula is C19H15N5O. The van der Waals surface area contributed by atoms with E-state index >= 15 is 0 Å². The first-order chi connectivity index (χ1) is 12.2. The van der Waals surface area contributed by atoms with Crippen molar-refractivity contribution < 1.29 is 4.74 Å². The molecule has 0 aliphatic carbocycles. The van der Waals surface area contributed by atoms with Crippen LogP contribution < -0.4 is 4.74 Å². The van der Waals surface area contributed by atoms with Gasteiger partial charge in [0.05, 0.1) is 42.2 Å². The average Bonchev–Trinajstić information content (AvgIpc) is 2.98. The van der Waals surface area contributed by atoms with E-state index in [-0.39, 0.29) is 0 Å². The molecule has 0 aliphatic rings. The molecule has 0 atom stereocenters. The number of fused-ring (bicyclic) bond motifs is 3. The van der Waals surface area contributed by atoms with E-state index in [0.717, 1.165) is 39.2 Å². The highest BCUT2D eigenvalue weighted by molar-refractivity contribution is 6.02. The number of nitriles is 1. The quantitative estimate of drug-likeness (QED) is 0.577. The monoisotopic (exact) mass is 329 g/mol. The van der Waals surface area contributed by atoms with Gasteiger partial charge < -0.3 is 9.30 Å². The van der Waals surface area contributed by atoms with Gasteiger partial charge in [-0.3, -0.25) is 9.97 Å². The maximum absolute atomic E-state index is 9.17. The predicted molar refractivity (Wildman–Crippen MR) is 94.3 cm³/mol. The van der Waals surface area contributed by atoms with E-state index in [0.29, 0.717) is 12.0 Å². The zero-order valence-corrected chi connectivity index (χ0v) is 13.9. The summed E-state index contributed by atoms with van der Waals surface area (Å²) in [6.07, 6.45) is 4.08. The summed E-state index contributed by atoms with van der Waals surface area (Å²) in [5, 5.41) is 10.1. The number of pyridine rings is 2. The van der Waals surface area contributed by atoms with E-state index in [1.54, 1.807) is 25.6 Å². The minimum absolute atomic E-state index is 0.606. The highest BCUT2D eigenvalue weighted by Gasteiger charge is 2.13. The van der Waals surface area contributed by atoms with Crippen molar-refractivity contribution in [3.05, 3.63) is 59.8 Å². The molecule has 4 aromatic rings. The highest BCUT2D eigenvalue weighted by Crippen LogP contribution is 2.25. The van der Waals surface area contributed by atoms with Crippen molar-refractivity contribution in [1.82, 2.24) is 19.5 Å². The molecule has 1 aromatic carbocycles.